The lowest BCUT2D eigenvalue weighted by Crippen LogP contribution is -2.37. The molecule has 0 spiro atoms. The fourth-order valence-electron chi connectivity index (χ4n) is 2.37. The largest absolute Gasteiger partial charge is 0.354 e. The van der Waals surface area contributed by atoms with Crippen molar-refractivity contribution in [3.05, 3.63) is 65.5 Å². The number of hydrogen-bond acceptors (Lipinski definition) is 4. The summed E-state index contributed by atoms with van der Waals surface area (Å²) in [6, 6.07) is 11.8. The van der Waals surface area contributed by atoms with Crippen LogP contribution in [-0.2, 0) is 21.2 Å². The molecule has 2 aromatic rings. The Balaban J connectivity index is 1.86. The van der Waals surface area contributed by atoms with Crippen molar-refractivity contribution in [2.75, 3.05) is 27.2 Å². The van der Waals surface area contributed by atoms with Crippen molar-refractivity contribution >= 4 is 21.8 Å². The quantitative estimate of drug-likeness (QED) is 0.687. The Hall–Kier alpha value is -2.78. The van der Waals surface area contributed by atoms with Gasteiger partial charge in [0.15, 0.2) is 0 Å². The van der Waals surface area contributed by atoms with Crippen molar-refractivity contribution in [1.82, 2.24) is 14.9 Å². The Morgan fingerprint density at radius 3 is 2.43 bits per heavy atom. The van der Waals surface area contributed by atoms with Gasteiger partial charge in [-0.05, 0) is 36.2 Å². The minimum Gasteiger partial charge on any atom is -0.354 e. The first kappa shape index (κ1) is 21.5. The summed E-state index contributed by atoms with van der Waals surface area (Å²) in [7, 11) is -0.870. The van der Waals surface area contributed by atoms with Gasteiger partial charge in [0.2, 0.25) is 15.9 Å². The molecule has 0 aliphatic rings. The number of sulfonamides is 1. The second-order valence-electron chi connectivity index (χ2n) is 6.19. The van der Waals surface area contributed by atoms with Gasteiger partial charge in [-0.1, -0.05) is 24.3 Å². The molecular formula is C19H22FN3O4S. The lowest BCUT2D eigenvalue weighted by atomic mass is 10.1. The van der Waals surface area contributed by atoms with Crippen LogP contribution in [0.15, 0.2) is 53.4 Å². The minimum absolute atomic E-state index is 0.0144. The molecule has 9 heteroatoms. The van der Waals surface area contributed by atoms with E-state index in [1.165, 1.54) is 44.4 Å². The molecule has 0 saturated heterocycles. The first-order valence-electron chi connectivity index (χ1n) is 8.52. The summed E-state index contributed by atoms with van der Waals surface area (Å²) in [6.45, 7) is -0.0486. The third-order valence-corrected chi connectivity index (χ3v) is 5.77. The monoisotopic (exact) mass is 407 g/mol. The van der Waals surface area contributed by atoms with Crippen LogP contribution in [0.5, 0.6) is 0 Å². The van der Waals surface area contributed by atoms with Crippen LogP contribution < -0.4 is 10.6 Å². The Morgan fingerprint density at radius 1 is 1.04 bits per heavy atom. The molecule has 2 rings (SSSR count). The third kappa shape index (κ3) is 5.61. The average Bonchev–Trinajstić information content (AvgIpc) is 2.67. The highest BCUT2D eigenvalue weighted by molar-refractivity contribution is 7.89. The van der Waals surface area contributed by atoms with Gasteiger partial charge in [-0.25, -0.2) is 17.1 Å². The van der Waals surface area contributed by atoms with Gasteiger partial charge < -0.3 is 10.6 Å². The van der Waals surface area contributed by atoms with E-state index in [1.807, 2.05) is 0 Å². The number of carbonyl (C=O) groups is 2. The van der Waals surface area contributed by atoms with Crippen LogP contribution in [0.4, 0.5) is 4.39 Å². The Morgan fingerprint density at radius 2 is 1.75 bits per heavy atom. The van der Waals surface area contributed by atoms with Crippen molar-refractivity contribution in [1.29, 1.82) is 0 Å². The summed E-state index contributed by atoms with van der Waals surface area (Å²) >= 11 is 0. The van der Waals surface area contributed by atoms with Gasteiger partial charge in [0, 0.05) is 26.2 Å². The molecule has 0 heterocycles. The summed E-state index contributed by atoms with van der Waals surface area (Å²) < 4.78 is 38.8. The number of hydrogen-bond donors (Lipinski definition) is 2. The van der Waals surface area contributed by atoms with Crippen LogP contribution in [0.25, 0.3) is 0 Å². The SMILES string of the molecule is CN(C)S(=O)(=O)c1cccc(C(=O)NCC(=O)NCCc2ccccc2F)c1. The Bertz CT molecular complexity index is 961. The molecule has 0 fully saturated rings. The molecular weight excluding hydrogens is 385 g/mol. The van der Waals surface area contributed by atoms with Crippen LogP contribution in [0.3, 0.4) is 0 Å². The highest BCUT2D eigenvalue weighted by Crippen LogP contribution is 2.14. The molecule has 0 saturated carbocycles. The van der Waals surface area contributed by atoms with E-state index < -0.39 is 21.8 Å². The van der Waals surface area contributed by atoms with Crippen molar-refractivity contribution in [3.63, 3.8) is 0 Å². The van der Waals surface area contributed by atoms with Crippen LogP contribution in [0.2, 0.25) is 0 Å². The number of rotatable bonds is 8. The number of carbonyl (C=O) groups excluding carboxylic acids is 2. The summed E-state index contributed by atoms with van der Waals surface area (Å²) in [4.78, 5) is 24.0. The number of halogens is 1. The fraction of sp³-hybridized carbons (Fsp3) is 0.263. The van der Waals surface area contributed by atoms with Gasteiger partial charge in [-0.3, -0.25) is 9.59 Å². The molecule has 2 amide bonds. The van der Waals surface area contributed by atoms with Gasteiger partial charge in [0.25, 0.3) is 5.91 Å². The van der Waals surface area contributed by atoms with Crippen molar-refractivity contribution in [3.8, 4) is 0 Å². The maximum absolute atomic E-state index is 13.5. The van der Waals surface area contributed by atoms with E-state index in [-0.39, 0.29) is 29.4 Å². The third-order valence-electron chi connectivity index (χ3n) is 3.96. The predicted octanol–water partition coefficient (Wildman–Crippen LogP) is 1.16. The van der Waals surface area contributed by atoms with Crippen molar-refractivity contribution in [2.24, 2.45) is 0 Å². The second kappa shape index (κ2) is 9.43. The first-order valence-corrected chi connectivity index (χ1v) is 9.96. The van der Waals surface area contributed by atoms with E-state index in [0.29, 0.717) is 12.0 Å². The molecule has 150 valence electrons. The molecule has 0 radical (unpaired) electrons. The highest BCUT2D eigenvalue weighted by Gasteiger charge is 2.18. The van der Waals surface area contributed by atoms with Crippen LogP contribution in [0.1, 0.15) is 15.9 Å². The topological polar surface area (TPSA) is 95.6 Å². The van der Waals surface area contributed by atoms with Gasteiger partial charge >= 0.3 is 0 Å². The first-order chi connectivity index (χ1) is 13.2. The molecule has 0 atom stereocenters. The normalized spacial score (nSPS) is 11.3. The minimum atomic E-state index is -3.66. The summed E-state index contributed by atoms with van der Waals surface area (Å²) in [5.41, 5.74) is 0.618. The molecule has 28 heavy (non-hydrogen) atoms. The molecule has 0 aliphatic heterocycles. The number of nitrogens with one attached hydrogen (secondary N) is 2. The Kier molecular flexibility index (Phi) is 7.24. The van der Waals surface area contributed by atoms with E-state index in [2.05, 4.69) is 10.6 Å². The maximum Gasteiger partial charge on any atom is 0.251 e. The molecule has 7 nitrogen and oxygen atoms in total. The van der Waals surface area contributed by atoms with Gasteiger partial charge in [-0.15, -0.1) is 0 Å². The van der Waals surface area contributed by atoms with E-state index in [0.717, 1.165) is 4.31 Å². The summed E-state index contributed by atoms with van der Waals surface area (Å²) in [5.74, 6) is -1.33. The number of benzene rings is 2. The van der Waals surface area contributed by atoms with Gasteiger partial charge in [-0.2, -0.15) is 0 Å². The summed E-state index contributed by atoms with van der Waals surface area (Å²) in [5, 5.41) is 5.03. The fourth-order valence-corrected chi connectivity index (χ4v) is 3.32. The predicted molar refractivity (Wildman–Crippen MR) is 103 cm³/mol. The lowest BCUT2D eigenvalue weighted by Gasteiger charge is -2.12. The second-order valence-corrected chi connectivity index (χ2v) is 8.34. The number of amides is 2. The molecule has 2 N–H and O–H groups in total. The van der Waals surface area contributed by atoms with E-state index in [9.17, 15) is 22.4 Å². The van der Waals surface area contributed by atoms with Crippen LogP contribution >= 0.6 is 0 Å². The highest BCUT2D eigenvalue weighted by atomic mass is 32.2. The number of nitrogens with zero attached hydrogens (tertiary/aromatic N) is 1. The smallest absolute Gasteiger partial charge is 0.251 e. The zero-order chi connectivity index (χ0) is 20.7. The molecule has 0 bridgehead atoms. The van der Waals surface area contributed by atoms with E-state index >= 15 is 0 Å². The van der Waals surface area contributed by atoms with E-state index in [4.69, 9.17) is 0 Å². The zero-order valence-electron chi connectivity index (χ0n) is 15.6. The maximum atomic E-state index is 13.5. The average molecular weight is 407 g/mol. The van der Waals surface area contributed by atoms with Crippen LogP contribution in [-0.4, -0.2) is 51.7 Å². The zero-order valence-corrected chi connectivity index (χ0v) is 16.4. The molecule has 0 aromatic heterocycles. The van der Waals surface area contributed by atoms with Gasteiger partial charge in [0.1, 0.15) is 5.82 Å². The molecule has 0 aliphatic carbocycles. The summed E-state index contributed by atoms with van der Waals surface area (Å²) in [6.07, 6.45) is 0.330. The van der Waals surface area contributed by atoms with Crippen LogP contribution in [0, 0.1) is 5.82 Å². The molecule has 0 unspecified atom stereocenters. The van der Waals surface area contributed by atoms with Crippen molar-refractivity contribution in [2.45, 2.75) is 11.3 Å². The molecule has 2 aromatic carbocycles. The lowest BCUT2D eigenvalue weighted by molar-refractivity contribution is -0.120. The Labute approximate surface area is 163 Å². The van der Waals surface area contributed by atoms with Crippen molar-refractivity contribution < 1.29 is 22.4 Å². The van der Waals surface area contributed by atoms with Gasteiger partial charge in [0.05, 0.1) is 11.4 Å². The standard InChI is InChI=1S/C19H22FN3O4S/c1-23(2)28(26,27)16-8-5-7-15(12-16)19(25)22-13-18(24)21-11-10-14-6-3-4-9-17(14)20/h3-9,12H,10-11,13H2,1-2H3,(H,21,24)(H,22,25). The van der Waals surface area contributed by atoms with E-state index in [1.54, 1.807) is 18.2 Å².